The van der Waals surface area contributed by atoms with Gasteiger partial charge >= 0.3 is 0 Å². The lowest BCUT2D eigenvalue weighted by Gasteiger charge is -2.28. The van der Waals surface area contributed by atoms with E-state index < -0.39 is 0 Å². The second kappa shape index (κ2) is 11.7. The fourth-order valence-electron chi connectivity index (χ4n) is 4.18. The largest absolute Gasteiger partial charge is 0.497 e. The number of hydrogen-bond acceptors (Lipinski definition) is 7. The quantitative estimate of drug-likeness (QED) is 0.379. The molecule has 9 nitrogen and oxygen atoms in total. The molecule has 1 aliphatic rings. The van der Waals surface area contributed by atoms with E-state index in [2.05, 4.69) is 0 Å². The van der Waals surface area contributed by atoms with E-state index in [9.17, 15) is 9.59 Å². The molecular formula is C28H32N2O7. The minimum Gasteiger partial charge on any atom is -0.497 e. The lowest BCUT2D eigenvalue weighted by molar-refractivity contribution is -0.133. The number of methoxy groups -OCH3 is 2. The molecule has 2 amide bonds. The molecule has 0 saturated carbocycles. The molecule has 196 valence electrons. The number of benzene rings is 2. The van der Waals surface area contributed by atoms with Gasteiger partial charge in [-0.2, -0.15) is 0 Å². The maximum Gasteiger partial charge on any atom is 0.258 e. The molecule has 0 unspecified atom stereocenters. The topological polar surface area (TPSA) is 90.7 Å². The van der Waals surface area contributed by atoms with Gasteiger partial charge in [0.2, 0.25) is 12.7 Å². The first-order chi connectivity index (χ1) is 17.9. The molecule has 2 aromatic carbocycles. The van der Waals surface area contributed by atoms with E-state index in [-0.39, 0.29) is 31.7 Å². The smallest absolute Gasteiger partial charge is 0.258 e. The van der Waals surface area contributed by atoms with Crippen molar-refractivity contribution in [2.45, 2.75) is 33.4 Å². The summed E-state index contributed by atoms with van der Waals surface area (Å²) in [4.78, 5) is 30.4. The van der Waals surface area contributed by atoms with Gasteiger partial charge in [-0.25, -0.2) is 0 Å². The van der Waals surface area contributed by atoms with Crippen molar-refractivity contribution in [3.05, 3.63) is 71.2 Å². The second-order valence-electron chi connectivity index (χ2n) is 8.74. The van der Waals surface area contributed by atoms with Crippen LogP contribution in [0.4, 0.5) is 0 Å². The van der Waals surface area contributed by atoms with Crippen molar-refractivity contribution >= 4 is 11.8 Å². The lowest BCUT2D eigenvalue weighted by atomic mass is 10.1. The van der Waals surface area contributed by atoms with E-state index in [1.807, 2.05) is 44.2 Å². The first-order valence-corrected chi connectivity index (χ1v) is 12.1. The molecule has 0 radical (unpaired) electrons. The van der Waals surface area contributed by atoms with Crippen LogP contribution in [-0.4, -0.2) is 55.7 Å². The molecule has 1 aromatic heterocycles. The normalized spacial score (nSPS) is 11.8. The van der Waals surface area contributed by atoms with Gasteiger partial charge in [0, 0.05) is 19.2 Å². The molecule has 0 bridgehead atoms. The molecule has 0 N–H and O–H groups in total. The average Bonchev–Trinajstić information content (AvgIpc) is 3.55. The highest BCUT2D eigenvalue weighted by Crippen LogP contribution is 2.33. The van der Waals surface area contributed by atoms with Crippen molar-refractivity contribution in [2.24, 2.45) is 0 Å². The summed E-state index contributed by atoms with van der Waals surface area (Å²) in [6, 6.07) is 14.3. The Kier molecular flexibility index (Phi) is 8.22. The molecule has 0 aliphatic carbocycles. The van der Waals surface area contributed by atoms with Gasteiger partial charge in [0.1, 0.15) is 29.6 Å². The van der Waals surface area contributed by atoms with Gasteiger partial charge in [-0.3, -0.25) is 9.59 Å². The summed E-state index contributed by atoms with van der Waals surface area (Å²) >= 11 is 0. The molecule has 0 fully saturated rings. The molecule has 2 heterocycles. The number of ether oxygens (including phenoxy) is 4. The summed E-state index contributed by atoms with van der Waals surface area (Å²) in [6.45, 7) is 4.90. The number of carbonyl (C=O) groups is 2. The first-order valence-electron chi connectivity index (χ1n) is 12.1. The van der Waals surface area contributed by atoms with Crippen molar-refractivity contribution < 1.29 is 33.0 Å². The Balaban J connectivity index is 1.56. The summed E-state index contributed by atoms with van der Waals surface area (Å²) in [7, 11) is 3.05. The van der Waals surface area contributed by atoms with E-state index in [4.69, 9.17) is 23.4 Å². The molecular weight excluding hydrogens is 476 g/mol. The van der Waals surface area contributed by atoms with Gasteiger partial charge in [0.25, 0.3) is 5.91 Å². The summed E-state index contributed by atoms with van der Waals surface area (Å²) in [5, 5.41) is 0. The standard InChI is InChI=1S/C28H32N2O7/c1-5-12-29(28(32)23-10-9-21(33-3)14-25(23)34-4)17-27(31)30(16-22-8-6-19(2)37-22)15-20-7-11-24-26(13-20)36-18-35-24/h6-11,13-14H,5,12,15-18H2,1-4H3. The number of nitrogens with zero attached hydrogens (tertiary/aromatic N) is 2. The fraction of sp³-hybridized carbons (Fsp3) is 0.357. The summed E-state index contributed by atoms with van der Waals surface area (Å²) in [5.74, 6) is 3.23. The molecule has 9 heteroatoms. The van der Waals surface area contributed by atoms with Crippen molar-refractivity contribution in [2.75, 3.05) is 34.1 Å². The van der Waals surface area contributed by atoms with Gasteiger partial charge in [0.15, 0.2) is 11.5 Å². The Labute approximate surface area is 216 Å². The Morgan fingerprint density at radius 2 is 1.73 bits per heavy atom. The maximum atomic E-state index is 13.7. The lowest BCUT2D eigenvalue weighted by Crippen LogP contribution is -2.42. The number of carbonyl (C=O) groups excluding carboxylic acids is 2. The monoisotopic (exact) mass is 508 g/mol. The van der Waals surface area contributed by atoms with Crippen molar-refractivity contribution in [1.82, 2.24) is 9.80 Å². The predicted molar refractivity (Wildman–Crippen MR) is 136 cm³/mol. The minimum absolute atomic E-state index is 0.0912. The molecule has 0 spiro atoms. The molecule has 1 aliphatic heterocycles. The van der Waals surface area contributed by atoms with Crippen molar-refractivity contribution in [1.29, 1.82) is 0 Å². The Hall–Kier alpha value is -4.14. The number of amides is 2. The van der Waals surface area contributed by atoms with Crippen LogP contribution in [0, 0.1) is 6.92 Å². The third-order valence-electron chi connectivity index (χ3n) is 6.05. The highest BCUT2D eigenvalue weighted by atomic mass is 16.7. The van der Waals surface area contributed by atoms with E-state index in [1.54, 1.807) is 35.1 Å². The Morgan fingerprint density at radius 1 is 0.919 bits per heavy atom. The van der Waals surface area contributed by atoms with Gasteiger partial charge in [-0.05, 0) is 55.3 Å². The van der Waals surface area contributed by atoms with E-state index in [0.29, 0.717) is 53.8 Å². The number of rotatable bonds is 11. The summed E-state index contributed by atoms with van der Waals surface area (Å²) in [5.41, 5.74) is 1.25. The molecule has 0 atom stereocenters. The number of furan rings is 1. The molecule has 37 heavy (non-hydrogen) atoms. The van der Waals surface area contributed by atoms with Gasteiger partial charge < -0.3 is 33.2 Å². The minimum atomic E-state index is -0.286. The van der Waals surface area contributed by atoms with Crippen LogP contribution in [0.3, 0.4) is 0 Å². The average molecular weight is 509 g/mol. The third-order valence-corrected chi connectivity index (χ3v) is 6.05. The van der Waals surface area contributed by atoms with Crippen LogP contribution in [0.5, 0.6) is 23.0 Å². The van der Waals surface area contributed by atoms with Crippen LogP contribution in [0.2, 0.25) is 0 Å². The van der Waals surface area contributed by atoms with Gasteiger partial charge in [-0.1, -0.05) is 13.0 Å². The molecule has 0 saturated heterocycles. The van der Waals surface area contributed by atoms with Crippen LogP contribution < -0.4 is 18.9 Å². The van der Waals surface area contributed by atoms with Crippen molar-refractivity contribution in [3.8, 4) is 23.0 Å². The van der Waals surface area contributed by atoms with Crippen LogP contribution in [0.25, 0.3) is 0 Å². The van der Waals surface area contributed by atoms with Crippen LogP contribution in [0.15, 0.2) is 52.9 Å². The fourth-order valence-corrected chi connectivity index (χ4v) is 4.18. The Morgan fingerprint density at radius 3 is 2.43 bits per heavy atom. The highest BCUT2D eigenvalue weighted by molar-refractivity contribution is 5.99. The number of aryl methyl sites for hydroxylation is 1. The zero-order valence-electron chi connectivity index (χ0n) is 21.6. The Bertz CT molecular complexity index is 1250. The van der Waals surface area contributed by atoms with Crippen LogP contribution in [0.1, 0.15) is 40.8 Å². The van der Waals surface area contributed by atoms with E-state index in [1.165, 1.54) is 7.11 Å². The number of fused-ring (bicyclic) bond motifs is 1. The van der Waals surface area contributed by atoms with E-state index in [0.717, 1.165) is 11.3 Å². The summed E-state index contributed by atoms with van der Waals surface area (Å²) < 4.78 is 27.3. The van der Waals surface area contributed by atoms with Crippen LogP contribution in [-0.2, 0) is 17.9 Å². The number of hydrogen-bond donors (Lipinski definition) is 0. The van der Waals surface area contributed by atoms with Crippen molar-refractivity contribution in [3.63, 3.8) is 0 Å². The second-order valence-corrected chi connectivity index (χ2v) is 8.74. The van der Waals surface area contributed by atoms with Crippen LogP contribution >= 0.6 is 0 Å². The first kappa shape index (κ1) is 25.9. The third kappa shape index (κ3) is 6.17. The zero-order chi connectivity index (χ0) is 26.4. The maximum absolute atomic E-state index is 13.7. The molecule has 4 rings (SSSR count). The van der Waals surface area contributed by atoms with Gasteiger partial charge in [0.05, 0.1) is 26.3 Å². The van der Waals surface area contributed by atoms with E-state index >= 15 is 0 Å². The zero-order valence-corrected chi connectivity index (χ0v) is 21.6. The molecule has 3 aromatic rings. The predicted octanol–water partition coefficient (Wildman–Crippen LogP) is 4.42. The summed E-state index contributed by atoms with van der Waals surface area (Å²) in [6.07, 6.45) is 0.691. The van der Waals surface area contributed by atoms with Gasteiger partial charge in [-0.15, -0.1) is 0 Å². The SMILES string of the molecule is CCCN(CC(=O)N(Cc1ccc2c(c1)OCO2)Cc1ccc(C)o1)C(=O)c1ccc(OC)cc1OC. The highest BCUT2D eigenvalue weighted by Gasteiger charge is 2.26.